The van der Waals surface area contributed by atoms with Gasteiger partial charge in [0.1, 0.15) is 10.8 Å². The second-order valence-corrected chi connectivity index (χ2v) is 6.00. The molecular formula is C12H20N4S. The number of hydrogen-bond donors (Lipinski definition) is 2. The number of nitrogens with two attached hydrogens (primary N) is 1. The van der Waals surface area contributed by atoms with Crippen LogP contribution in [0.25, 0.3) is 0 Å². The topological polar surface area (TPSA) is 54.2 Å². The Morgan fingerprint density at radius 3 is 2.82 bits per heavy atom. The third kappa shape index (κ3) is 2.55. The van der Waals surface area contributed by atoms with E-state index in [1.807, 2.05) is 0 Å². The van der Waals surface area contributed by atoms with E-state index in [0.717, 1.165) is 24.9 Å². The summed E-state index contributed by atoms with van der Waals surface area (Å²) in [7, 11) is 2.21. The zero-order chi connectivity index (χ0) is 11.8. The van der Waals surface area contributed by atoms with Crippen LogP contribution in [0.1, 0.15) is 37.2 Å². The third-order valence-corrected chi connectivity index (χ3v) is 4.50. The monoisotopic (exact) mass is 252 g/mol. The van der Waals surface area contributed by atoms with Gasteiger partial charge in [0, 0.05) is 24.7 Å². The fraction of sp³-hybridized carbons (Fsp3) is 0.750. The van der Waals surface area contributed by atoms with Crippen LogP contribution in [0.5, 0.6) is 0 Å². The summed E-state index contributed by atoms with van der Waals surface area (Å²) in [5.74, 6) is 1.42. The molecule has 0 radical (unpaired) electrons. The third-order valence-electron chi connectivity index (χ3n) is 3.66. The summed E-state index contributed by atoms with van der Waals surface area (Å²) in [4.78, 5) is 2.44. The molecule has 0 atom stereocenters. The normalized spacial score (nSPS) is 19.9. The van der Waals surface area contributed by atoms with E-state index in [-0.39, 0.29) is 0 Å². The van der Waals surface area contributed by atoms with Gasteiger partial charge in [-0.05, 0) is 50.2 Å². The maximum atomic E-state index is 5.92. The molecule has 2 fully saturated rings. The first kappa shape index (κ1) is 11.3. The Morgan fingerprint density at radius 1 is 1.41 bits per heavy atom. The predicted octanol–water partition coefficient (Wildman–Crippen LogP) is 2.11. The van der Waals surface area contributed by atoms with Crippen molar-refractivity contribution in [1.82, 2.24) is 9.27 Å². The fourth-order valence-electron chi connectivity index (χ4n) is 2.25. The van der Waals surface area contributed by atoms with Gasteiger partial charge in [0.05, 0.1) is 0 Å². The molecule has 2 aliphatic carbocycles. The minimum Gasteiger partial charge on any atom is -0.383 e. The zero-order valence-corrected chi connectivity index (χ0v) is 11.1. The van der Waals surface area contributed by atoms with Gasteiger partial charge < -0.3 is 16.0 Å². The molecule has 0 aromatic carbocycles. The minimum atomic E-state index is 0.678. The minimum absolute atomic E-state index is 0.678. The molecule has 1 aromatic heterocycles. The van der Waals surface area contributed by atoms with Gasteiger partial charge in [-0.1, -0.05) is 0 Å². The molecule has 0 spiro atoms. The fourth-order valence-corrected chi connectivity index (χ4v) is 3.07. The van der Waals surface area contributed by atoms with Crippen LogP contribution in [0.4, 0.5) is 10.8 Å². The van der Waals surface area contributed by atoms with Crippen molar-refractivity contribution in [3.05, 3.63) is 5.56 Å². The average molecular weight is 252 g/mol. The van der Waals surface area contributed by atoms with Gasteiger partial charge in [0.15, 0.2) is 0 Å². The molecule has 0 bridgehead atoms. The maximum Gasteiger partial charge on any atom is 0.142 e. The molecule has 1 heterocycles. The summed E-state index contributed by atoms with van der Waals surface area (Å²) in [6.45, 7) is 2.10. The Hall–Kier alpha value is -0.810. The lowest BCUT2D eigenvalue weighted by Crippen LogP contribution is -2.27. The van der Waals surface area contributed by atoms with Gasteiger partial charge in [-0.3, -0.25) is 0 Å². The number of nitrogens with one attached hydrogen (secondary N) is 1. The number of aromatic nitrogens is 1. The number of nitrogen functional groups attached to an aromatic ring is 1. The molecule has 17 heavy (non-hydrogen) atoms. The molecule has 1 aromatic rings. The predicted molar refractivity (Wildman–Crippen MR) is 72.6 cm³/mol. The van der Waals surface area contributed by atoms with Crippen LogP contribution in [0.2, 0.25) is 0 Å². The van der Waals surface area contributed by atoms with Crippen molar-refractivity contribution >= 4 is 22.4 Å². The van der Waals surface area contributed by atoms with Crippen LogP contribution < -0.4 is 11.1 Å². The summed E-state index contributed by atoms with van der Waals surface area (Å²) >= 11 is 1.52. The van der Waals surface area contributed by atoms with E-state index in [4.69, 9.17) is 5.73 Å². The molecule has 0 aliphatic heterocycles. The number of rotatable bonds is 6. The first-order valence-corrected chi connectivity index (χ1v) is 7.22. The van der Waals surface area contributed by atoms with Gasteiger partial charge in [-0.15, -0.1) is 0 Å². The highest BCUT2D eigenvalue weighted by molar-refractivity contribution is 7.10. The molecule has 0 saturated heterocycles. The summed E-state index contributed by atoms with van der Waals surface area (Å²) < 4.78 is 4.27. The lowest BCUT2D eigenvalue weighted by Gasteiger charge is -2.16. The van der Waals surface area contributed by atoms with Crippen LogP contribution in [0, 0.1) is 0 Å². The van der Waals surface area contributed by atoms with Crippen molar-refractivity contribution in [3.8, 4) is 0 Å². The van der Waals surface area contributed by atoms with E-state index in [2.05, 4.69) is 21.6 Å². The largest absolute Gasteiger partial charge is 0.383 e. The maximum absolute atomic E-state index is 5.92. The molecule has 5 heteroatoms. The van der Waals surface area contributed by atoms with Crippen molar-refractivity contribution in [2.24, 2.45) is 0 Å². The van der Waals surface area contributed by atoms with E-state index < -0.39 is 0 Å². The molecule has 3 N–H and O–H groups in total. The highest BCUT2D eigenvalue weighted by atomic mass is 32.1. The van der Waals surface area contributed by atoms with Crippen molar-refractivity contribution in [2.75, 3.05) is 31.2 Å². The Bertz CT molecular complexity index is 395. The van der Waals surface area contributed by atoms with Crippen LogP contribution in [-0.4, -0.2) is 35.5 Å². The van der Waals surface area contributed by atoms with E-state index in [0.29, 0.717) is 5.92 Å². The lowest BCUT2D eigenvalue weighted by atomic mass is 10.2. The van der Waals surface area contributed by atoms with Crippen LogP contribution >= 0.6 is 11.5 Å². The Kier molecular flexibility index (Phi) is 2.96. The molecule has 2 aliphatic rings. The van der Waals surface area contributed by atoms with Crippen LogP contribution in [0.15, 0.2) is 0 Å². The molecule has 3 rings (SSSR count). The number of anilines is 2. The second-order valence-electron chi connectivity index (χ2n) is 5.22. The lowest BCUT2D eigenvalue weighted by molar-refractivity contribution is 0.337. The van der Waals surface area contributed by atoms with E-state index in [9.17, 15) is 0 Å². The molecule has 0 amide bonds. The van der Waals surface area contributed by atoms with E-state index >= 15 is 0 Å². The second kappa shape index (κ2) is 4.46. The molecule has 4 nitrogen and oxygen atoms in total. The quantitative estimate of drug-likeness (QED) is 0.814. The van der Waals surface area contributed by atoms with Gasteiger partial charge in [0.25, 0.3) is 0 Å². The van der Waals surface area contributed by atoms with Gasteiger partial charge in [-0.2, -0.15) is 4.37 Å². The number of nitrogens with zero attached hydrogens (tertiary/aromatic N) is 2. The van der Waals surface area contributed by atoms with Gasteiger partial charge in [-0.25, -0.2) is 0 Å². The molecule has 2 saturated carbocycles. The number of hydrogen-bond acceptors (Lipinski definition) is 5. The van der Waals surface area contributed by atoms with E-state index in [1.54, 1.807) is 0 Å². The Labute approximate surface area is 106 Å². The molecule has 0 unspecified atom stereocenters. The SMILES string of the molecule is CN(CCNc1snc(N)c1C1CC1)C1CC1. The Morgan fingerprint density at radius 2 is 2.18 bits per heavy atom. The Balaban J connectivity index is 1.53. The van der Waals surface area contributed by atoms with Crippen molar-refractivity contribution < 1.29 is 0 Å². The summed E-state index contributed by atoms with van der Waals surface area (Å²) in [5, 5.41) is 4.71. The van der Waals surface area contributed by atoms with Crippen molar-refractivity contribution in [3.63, 3.8) is 0 Å². The van der Waals surface area contributed by atoms with Crippen LogP contribution in [-0.2, 0) is 0 Å². The number of likely N-dealkylation sites (N-methyl/N-ethyl adjacent to an activating group) is 1. The summed E-state index contributed by atoms with van der Waals surface area (Å²) in [5.41, 5.74) is 7.20. The highest BCUT2D eigenvalue weighted by Gasteiger charge is 2.30. The zero-order valence-electron chi connectivity index (χ0n) is 10.3. The van der Waals surface area contributed by atoms with E-state index in [1.165, 1.54) is 47.8 Å². The smallest absolute Gasteiger partial charge is 0.142 e. The highest BCUT2D eigenvalue weighted by Crippen LogP contribution is 2.47. The van der Waals surface area contributed by atoms with Gasteiger partial charge >= 0.3 is 0 Å². The van der Waals surface area contributed by atoms with Crippen LogP contribution in [0.3, 0.4) is 0 Å². The first-order valence-electron chi connectivity index (χ1n) is 6.45. The average Bonchev–Trinajstić information content (AvgIpc) is 3.19. The molecule has 94 valence electrons. The van der Waals surface area contributed by atoms with Gasteiger partial charge in [0.2, 0.25) is 0 Å². The standard InChI is InChI=1S/C12H20N4S/c1-16(9-4-5-9)7-6-14-12-10(8-2-3-8)11(13)15-17-12/h8-9,14H,2-7H2,1H3,(H2,13,15). The van der Waals surface area contributed by atoms with Crippen molar-refractivity contribution in [2.45, 2.75) is 37.6 Å². The summed E-state index contributed by atoms with van der Waals surface area (Å²) in [6, 6.07) is 0.839. The molecular weight excluding hydrogens is 232 g/mol. The summed E-state index contributed by atoms with van der Waals surface area (Å²) in [6.07, 6.45) is 5.30. The van der Waals surface area contributed by atoms with Crippen molar-refractivity contribution in [1.29, 1.82) is 0 Å². The first-order chi connectivity index (χ1) is 8.25.